The van der Waals surface area contributed by atoms with Gasteiger partial charge in [-0.3, -0.25) is 9.59 Å². The van der Waals surface area contributed by atoms with Gasteiger partial charge in [0.1, 0.15) is 5.60 Å². The van der Waals surface area contributed by atoms with Crippen LogP contribution in [0.5, 0.6) is 0 Å². The van der Waals surface area contributed by atoms with Gasteiger partial charge in [0.05, 0.1) is 0 Å². The van der Waals surface area contributed by atoms with Crippen molar-refractivity contribution < 1.29 is 14.3 Å². The van der Waals surface area contributed by atoms with Crippen molar-refractivity contribution in [2.45, 2.75) is 39.2 Å². The molecule has 2 N–H and O–H groups in total. The first-order valence-corrected chi connectivity index (χ1v) is 8.08. The Labute approximate surface area is 142 Å². The Morgan fingerprint density at radius 2 is 1.83 bits per heavy atom. The van der Waals surface area contributed by atoms with Crippen LogP contribution < -0.4 is 10.6 Å². The largest absolute Gasteiger partial charge is 0.462 e. The molecule has 0 spiro atoms. The summed E-state index contributed by atoms with van der Waals surface area (Å²) >= 11 is 5.78. The maximum atomic E-state index is 11.9. The van der Waals surface area contributed by atoms with Crippen LogP contribution in [0.2, 0.25) is 5.02 Å². The van der Waals surface area contributed by atoms with Gasteiger partial charge in [0.2, 0.25) is 5.91 Å². The highest BCUT2D eigenvalue weighted by Gasteiger charge is 2.20. The summed E-state index contributed by atoms with van der Waals surface area (Å²) in [5, 5.41) is 6.84. The van der Waals surface area contributed by atoms with Crippen LogP contribution in [0.4, 0.5) is 5.69 Å². The van der Waals surface area contributed by atoms with E-state index in [1.807, 2.05) is 32.9 Å². The molecule has 0 aromatic heterocycles. The number of hydrogen-bond acceptors (Lipinski definition) is 4. The van der Waals surface area contributed by atoms with Crippen molar-refractivity contribution in [2.24, 2.45) is 5.92 Å². The van der Waals surface area contributed by atoms with Gasteiger partial charge in [-0.15, -0.1) is 0 Å². The molecule has 1 aromatic rings. The fourth-order valence-corrected chi connectivity index (χ4v) is 2.13. The van der Waals surface area contributed by atoms with Crippen molar-refractivity contribution in [1.82, 2.24) is 5.32 Å². The lowest BCUT2D eigenvalue weighted by Gasteiger charge is -2.21. The van der Waals surface area contributed by atoms with E-state index in [4.69, 9.17) is 11.6 Å². The second-order valence-corrected chi connectivity index (χ2v) is 6.78. The highest BCUT2D eigenvalue weighted by molar-refractivity contribution is 6.30. The Kier molecular flexibility index (Phi) is 8.06. The van der Waals surface area contributed by atoms with Crippen LogP contribution in [0.3, 0.4) is 0 Å². The van der Waals surface area contributed by atoms with E-state index >= 15 is 0 Å². The van der Waals surface area contributed by atoms with Crippen molar-refractivity contribution in [2.75, 3.05) is 18.4 Å². The minimum atomic E-state index is -0.318. The molecule has 23 heavy (non-hydrogen) atoms. The van der Waals surface area contributed by atoms with Gasteiger partial charge in [0.25, 0.3) is 6.47 Å². The van der Waals surface area contributed by atoms with E-state index in [-0.39, 0.29) is 17.4 Å². The first-order chi connectivity index (χ1) is 10.8. The third-order valence-electron chi connectivity index (χ3n) is 3.22. The number of benzene rings is 1. The average Bonchev–Trinajstić information content (AvgIpc) is 2.50. The second kappa shape index (κ2) is 9.53. The molecule has 0 aliphatic carbocycles. The van der Waals surface area contributed by atoms with Gasteiger partial charge in [0.15, 0.2) is 0 Å². The third-order valence-corrected chi connectivity index (χ3v) is 3.48. The monoisotopic (exact) mass is 340 g/mol. The lowest BCUT2D eigenvalue weighted by molar-refractivity contribution is -0.138. The maximum absolute atomic E-state index is 11.9. The molecule has 128 valence electrons. The summed E-state index contributed by atoms with van der Waals surface area (Å²) in [5.74, 6) is 0.251. The minimum absolute atomic E-state index is 0.115. The number of rotatable bonds is 3. The maximum Gasteiger partial charge on any atom is 0.293 e. The lowest BCUT2D eigenvalue weighted by Crippen LogP contribution is -2.34. The standard InChI is InChI=1S/C12H15ClN2O.C5H10O2/c13-10-1-3-11(4-2-10)15-12(16)9-5-7-14-8-6-9;1-5(2,3)7-4-6/h1-4,9,14H,5-8H2,(H,15,16);4H,1-3H3. The van der Waals surface area contributed by atoms with Crippen LogP contribution in [0.1, 0.15) is 33.6 Å². The Morgan fingerprint density at radius 3 is 2.26 bits per heavy atom. The number of ether oxygens (including phenoxy) is 1. The zero-order chi connectivity index (χ0) is 17.3. The quantitative estimate of drug-likeness (QED) is 0.829. The summed E-state index contributed by atoms with van der Waals surface area (Å²) in [6.45, 7) is 7.78. The molecule has 2 rings (SSSR count). The molecular weight excluding hydrogens is 316 g/mol. The number of amides is 1. The van der Waals surface area contributed by atoms with Crippen LogP contribution in [-0.4, -0.2) is 31.1 Å². The molecule has 1 saturated heterocycles. The molecule has 1 amide bonds. The van der Waals surface area contributed by atoms with Crippen molar-refractivity contribution in [3.05, 3.63) is 29.3 Å². The summed E-state index contributed by atoms with van der Waals surface area (Å²) in [7, 11) is 0. The van der Waals surface area contributed by atoms with E-state index in [2.05, 4.69) is 15.4 Å². The first kappa shape index (κ1) is 19.5. The molecule has 0 saturated carbocycles. The molecule has 1 aromatic carbocycles. The zero-order valence-electron chi connectivity index (χ0n) is 13.9. The van der Waals surface area contributed by atoms with Crippen LogP contribution in [0, 0.1) is 5.92 Å². The number of carbonyl (C=O) groups excluding carboxylic acids is 2. The fourth-order valence-electron chi connectivity index (χ4n) is 2.01. The predicted octanol–water partition coefficient (Wildman–Crippen LogP) is 3.24. The summed E-state index contributed by atoms with van der Waals surface area (Å²) in [6.07, 6.45) is 1.83. The van der Waals surface area contributed by atoms with E-state index in [0.29, 0.717) is 11.5 Å². The minimum Gasteiger partial charge on any atom is -0.462 e. The molecule has 1 aliphatic heterocycles. The van der Waals surface area contributed by atoms with Gasteiger partial charge >= 0.3 is 0 Å². The Balaban J connectivity index is 0.000000322. The van der Waals surface area contributed by atoms with Crippen molar-refractivity contribution in [3.8, 4) is 0 Å². The average molecular weight is 341 g/mol. The van der Waals surface area contributed by atoms with Gasteiger partial charge in [-0.25, -0.2) is 0 Å². The smallest absolute Gasteiger partial charge is 0.293 e. The fraction of sp³-hybridized carbons (Fsp3) is 0.529. The third kappa shape index (κ3) is 8.57. The molecule has 0 unspecified atom stereocenters. The van der Waals surface area contributed by atoms with E-state index < -0.39 is 0 Å². The molecule has 0 bridgehead atoms. The van der Waals surface area contributed by atoms with Gasteiger partial charge < -0.3 is 15.4 Å². The molecule has 0 radical (unpaired) electrons. The summed E-state index contributed by atoms with van der Waals surface area (Å²) in [4.78, 5) is 21.5. The molecule has 6 heteroatoms. The SMILES string of the molecule is CC(C)(C)OC=O.O=C(Nc1ccc(Cl)cc1)C1CCNCC1. The van der Waals surface area contributed by atoms with Crippen LogP contribution in [0.15, 0.2) is 24.3 Å². The number of carbonyl (C=O) groups is 2. The Morgan fingerprint density at radius 1 is 1.26 bits per heavy atom. The second-order valence-electron chi connectivity index (χ2n) is 6.35. The molecule has 0 atom stereocenters. The zero-order valence-corrected chi connectivity index (χ0v) is 14.7. The van der Waals surface area contributed by atoms with Crippen LogP contribution in [-0.2, 0) is 14.3 Å². The number of hydrogen-bond donors (Lipinski definition) is 2. The summed E-state index contributed by atoms with van der Waals surface area (Å²) in [6, 6.07) is 7.20. The number of anilines is 1. The van der Waals surface area contributed by atoms with Gasteiger partial charge in [-0.1, -0.05) is 11.6 Å². The summed E-state index contributed by atoms with van der Waals surface area (Å²) in [5.41, 5.74) is 0.495. The van der Waals surface area contributed by atoms with Gasteiger partial charge in [-0.05, 0) is 71.0 Å². The molecule has 5 nitrogen and oxygen atoms in total. The first-order valence-electron chi connectivity index (χ1n) is 7.70. The normalized spacial score (nSPS) is 15.1. The highest BCUT2D eigenvalue weighted by atomic mass is 35.5. The Bertz CT molecular complexity index is 492. The van der Waals surface area contributed by atoms with Crippen molar-refractivity contribution in [3.63, 3.8) is 0 Å². The van der Waals surface area contributed by atoms with E-state index in [1.54, 1.807) is 12.1 Å². The number of nitrogens with one attached hydrogen (secondary N) is 2. The predicted molar refractivity (Wildman–Crippen MR) is 92.6 cm³/mol. The topological polar surface area (TPSA) is 67.4 Å². The van der Waals surface area contributed by atoms with E-state index in [0.717, 1.165) is 31.6 Å². The van der Waals surface area contributed by atoms with Crippen molar-refractivity contribution in [1.29, 1.82) is 0 Å². The summed E-state index contributed by atoms with van der Waals surface area (Å²) < 4.78 is 4.55. The van der Waals surface area contributed by atoms with Crippen LogP contribution >= 0.6 is 11.6 Å². The molecule has 1 fully saturated rings. The molecule has 1 aliphatic rings. The molecule has 1 heterocycles. The lowest BCUT2D eigenvalue weighted by atomic mass is 9.97. The number of piperidine rings is 1. The molecular formula is C17H25ClN2O3. The number of halogens is 1. The van der Waals surface area contributed by atoms with E-state index in [1.165, 1.54) is 0 Å². The highest BCUT2D eigenvalue weighted by Crippen LogP contribution is 2.17. The van der Waals surface area contributed by atoms with Crippen molar-refractivity contribution >= 4 is 29.7 Å². The van der Waals surface area contributed by atoms with Crippen LogP contribution in [0.25, 0.3) is 0 Å². The van der Waals surface area contributed by atoms with Gasteiger partial charge in [0, 0.05) is 16.6 Å². The Hall–Kier alpha value is -1.59. The van der Waals surface area contributed by atoms with E-state index in [9.17, 15) is 9.59 Å². The van der Waals surface area contributed by atoms with Gasteiger partial charge in [-0.2, -0.15) is 0 Å².